The third kappa shape index (κ3) is 4.67. The van der Waals surface area contributed by atoms with Crippen LogP contribution in [0.25, 0.3) is 0 Å². The second-order valence-corrected chi connectivity index (χ2v) is 5.86. The maximum absolute atomic E-state index is 11.4. The van der Waals surface area contributed by atoms with Gasteiger partial charge in [-0.15, -0.1) is 0 Å². The van der Waals surface area contributed by atoms with Crippen LogP contribution in [0.3, 0.4) is 0 Å². The molecule has 0 rings (SSSR count). The van der Waals surface area contributed by atoms with Crippen molar-refractivity contribution in [3.63, 3.8) is 0 Å². The molecule has 12 heavy (non-hydrogen) atoms. The first-order valence-electron chi connectivity index (χ1n) is 4.20. The lowest BCUT2D eigenvalue weighted by molar-refractivity contribution is 0.638. The van der Waals surface area contributed by atoms with Crippen LogP contribution in [0, 0.1) is 0 Å². The third-order valence-corrected chi connectivity index (χ3v) is 3.03. The van der Waals surface area contributed by atoms with Gasteiger partial charge in [0.05, 0.1) is 15.7 Å². The Bertz CT molecular complexity index is 181. The van der Waals surface area contributed by atoms with Crippen molar-refractivity contribution in [2.75, 3.05) is 6.54 Å². The highest BCUT2D eigenvalue weighted by molar-refractivity contribution is 7.84. The van der Waals surface area contributed by atoms with Crippen molar-refractivity contribution in [2.24, 2.45) is 0 Å². The maximum atomic E-state index is 11.4. The van der Waals surface area contributed by atoms with E-state index in [1.54, 1.807) is 0 Å². The minimum atomic E-state index is -0.970. The molecule has 0 saturated carbocycles. The third-order valence-electron chi connectivity index (χ3n) is 1.51. The summed E-state index contributed by atoms with van der Waals surface area (Å²) in [4.78, 5) is 0. The lowest BCUT2D eigenvalue weighted by atomic mass is 10.2. The van der Waals surface area contributed by atoms with Crippen molar-refractivity contribution >= 4 is 11.0 Å². The van der Waals surface area contributed by atoms with E-state index in [-0.39, 0.29) is 4.75 Å². The molecule has 0 aromatic carbocycles. The molecule has 0 aliphatic rings. The smallest absolute Gasteiger partial charge is 0.0973 e. The van der Waals surface area contributed by atoms with Gasteiger partial charge in [-0.2, -0.15) is 0 Å². The van der Waals surface area contributed by atoms with E-state index in [1.165, 1.54) is 0 Å². The fraction of sp³-hybridized carbons (Fsp3) is 0.778. The summed E-state index contributed by atoms with van der Waals surface area (Å²) in [5.74, 6) is 0. The highest BCUT2D eigenvalue weighted by atomic mass is 32.2. The van der Waals surface area contributed by atoms with Gasteiger partial charge >= 0.3 is 0 Å². The molecule has 0 radical (unpaired) electrons. The first-order chi connectivity index (χ1) is 5.38. The molecule has 0 saturated heterocycles. The molecule has 72 valence electrons. The topological polar surface area (TPSA) is 29.1 Å². The fourth-order valence-corrected chi connectivity index (χ4v) is 1.28. The van der Waals surface area contributed by atoms with Gasteiger partial charge in [0.1, 0.15) is 0 Å². The van der Waals surface area contributed by atoms with Crippen LogP contribution in [-0.4, -0.2) is 15.5 Å². The summed E-state index contributed by atoms with van der Waals surface area (Å²) in [6.45, 7) is 12.4. The Morgan fingerprint density at radius 1 is 1.50 bits per heavy atom. The number of nitrogens with one attached hydrogen (secondary N) is 1. The van der Waals surface area contributed by atoms with Crippen molar-refractivity contribution in [1.29, 1.82) is 0 Å². The van der Waals surface area contributed by atoms with Crippen LogP contribution in [0.15, 0.2) is 12.2 Å². The summed E-state index contributed by atoms with van der Waals surface area (Å²) in [6.07, 6.45) is 0.939. The zero-order valence-corrected chi connectivity index (χ0v) is 9.25. The molecule has 3 heteroatoms. The van der Waals surface area contributed by atoms with E-state index in [2.05, 4.69) is 11.3 Å². The number of rotatable bonds is 4. The lowest BCUT2D eigenvalue weighted by Gasteiger charge is -2.18. The molecular formula is C9H19NOS. The van der Waals surface area contributed by atoms with Crippen molar-refractivity contribution in [3.8, 4) is 0 Å². The van der Waals surface area contributed by atoms with Gasteiger partial charge in [0.15, 0.2) is 0 Å². The molecule has 0 unspecified atom stereocenters. The summed E-state index contributed by atoms with van der Waals surface area (Å²) in [5, 5.41) is 0. The van der Waals surface area contributed by atoms with E-state index >= 15 is 0 Å². The van der Waals surface area contributed by atoms with E-state index in [4.69, 9.17) is 0 Å². The predicted molar refractivity (Wildman–Crippen MR) is 55.3 cm³/mol. The first-order valence-corrected chi connectivity index (χ1v) is 5.35. The van der Waals surface area contributed by atoms with Gasteiger partial charge in [-0.05, 0) is 27.2 Å². The zero-order chi connectivity index (χ0) is 9.78. The summed E-state index contributed by atoms with van der Waals surface area (Å²) in [5.41, 5.74) is 1.09. The minimum Gasteiger partial charge on any atom is -0.242 e. The van der Waals surface area contributed by atoms with E-state index in [9.17, 15) is 4.21 Å². The molecule has 0 aromatic rings. The van der Waals surface area contributed by atoms with E-state index in [0.717, 1.165) is 12.0 Å². The average Bonchev–Trinajstić information content (AvgIpc) is 1.97. The van der Waals surface area contributed by atoms with Crippen LogP contribution in [0.2, 0.25) is 0 Å². The van der Waals surface area contributed by atoms with Crippen molar-refractivity contribution < 1.29 is 4.21 Å². The number of hydrogen-bond acceptors (Lipinski definition) is 1. The van der Waals surface area contributed by atoms with Gasteiger partial charge in [0.25, 0.3) is 0 Å². The molecule has 0 heterocycles. The van der Waals surface area contributed by atoms with Gasteiger partial charge in [0, 0.05) is 6.54 Å². The summed E-state index contributed by atoms with van der Waals surface area (Å²) < 4.78 is 14.2. The standard InChI is InChI=1S/C9H19NOS/c1-6-8(2)7-10-12(11)9(3,4)5/h10H,2,6-7H2,1,3-5H3/t12-/m1/s1. The Hall–Kier alpha value is -0.150. The maximum Gasteiger partial charge on any atom is 0.0973 e. The second kappa shape index (κ2) is 4.77. The Morgan fingerprint density at radius 3 is 2.33 bits per heavy atom. The first kappa shape index (κ1) is 11.8. The van der Waals surface area contributed by atoms with Crippen molar-refractivity contribution in [2.45, 2.75) is 38.9 Å². The monoisotopic (exact) mass is 189 g/mol. The Labute approximate surface area is 78.0 Å². The van der Waals surface area contributed by atoms with Crippen LogP contribution in [0.1, 0.15) is 34.1 Å². The highest BCUT2D eigenvalue weighted by Gasteiger charge is 2.18. The summed E-state index contributed by atoms with van der Waals surface area (Å²) >= 11 is 0. The van der Waals surface area contributed by atoms with Gasteiger partial charge in [-0.25, -0.2) is 8.93 Å². The Kier molecular flexibility index (Phi) is 4.71. The minimum absolute atomic E-state index is 0.186. The Morgan fingerprint density at radius 2 is 2.00 bits per heavy atom. The van der Waals surface area contributed by atoms with Gasteiger partial charge < -0.3 is 0 Å². The molecule has 2 nitrogen and oxygen atoms in total. The summed E-state index contributed by atoms with van der Waals surface area (Å²) in [6, 6.07) is 0. The molecule has 0 aliphatic carbocycles. The summed E-state index contributed by atoms with van der Waals surface area (Å²) in [7, 11) is -0.970. The van der Waals surface area contributed by atoms with E-state index in [0.29, 0.717) is 6.54 Å². The molecule has 0 amide bonds. The lowest BCUT2D eigenvalue weighted by Crippen LogP contribution is -2.34. The molecule has 0 spiro atoms. The number of hydrogen-bond donors (Lipinski definition) is 1. The van der Waals surface area contributed by atoms with Crippen LogP contribution in [0.4, 0.5) is 0 Å². The molecule has 0 bridgehead atoms. The molecule has 1 atom stereocenters. The fourth-order valence-electron chi connectivity index (χ4n) is 0.509. The van der Waals surface area contributed by atoms with Crippen LogP contribution in [-0.2, 0) is 11.0 Å². The highest BCUT2D eigenvalue weighted by Crippen LogP contribution is 2.08. The van der Waals surface area contributed by atoms with Gasteiger partial charge in [-0.1, -0.05) is 19.1 Å². The van der Waals surface area contributed by atoms with Crippen molar-refractivity contribution in [3.05, 3.63) is 12.2 Å². The Balaban J connectivity index is 3.81. The molecule has 1 N–H and O–H groups in total. The predicted octanol–water partition coefficient (Wildman–Crippen LogP) is 2.00. The average molecular weight is 189 g/mol. The normalized spacial score (nSPS) is 14.3. The van der Waals surface area contributed by atoms with Crippen LogP contribution < -0.4 is 4.72 Å². The van der Waals surface area contributed by atoms with Gasteiger partial charge in [-0.3, -0.25) is 0 Å². The zero-order valence-electron chi connectivity index (χ0n) is 8.44. The SMILES string of the molecule is C=C(CC)CN[S@](=O)C(C)(C)C. The van der Waals surface area contributed by atoms with Gasteiger partial charge in [0.2, 0.25) is 0 Å². The van der Waals surface area contributed by atoms with Crippen LogP contribution in [0.5, 0.6) is 0 Å². The largest absolute Gasteiger partial charge is 0.242 e. The second-order valence-electron chi connectivity index (χ2n) is 3.81. The van der Waals surface area contributed by atoms with E-state index in [1.807, 2.05) is 27.7 Å². The molecule has 0 aliphatic heterocycles. The van der Waals surface area contributed by atoms with E-state index < -0.39 is 11.0 Å². The molecule has 0 fully saturated rings. The molecule has 0 aromatic heterocycles. The quantitative estimate of drug-likeness (QED) is 0.673. The van der Waals surface area contributed by atoms with Crippen molar-refractivity contribution in [1.82, 2.24) is 4.72 Å². The molecular weight excluding hydrogens is 170 g/mol. The van der Waals surface area contributed by atoms with Crippen LogP contribution >= 0.6 is 0 Å².